The lowest BCUT2D eigenvalue weighted by atomic mass is 9.95. The van der Waals surface area contributed by atoms with E-state index in [9.17, 15) is 0 Å². The van der Waals surface area contributed by atoms with Crippen LogP contribution in [0.1, 0.15) is 29.8 Å². The Balaban J connectivity index is 1.47. The van der Waals surface area contributed by atoms with Crippen molar-refractivity contribution in [3.8, 4) is 11.3 Å². The minimum absolute atomic E-state index is 0.106. The van der Waals surface area contributed by atoms with Crippen LogP contribution in [0.4, 0.5) is 0 Å². The molecular formula is C31H22N2O2. The van der Waals surface area contributed by atoms with Gasteiger partial charge in [-0.25, -0.2) is 0 Å². The first-order valence-corrected chi connectivity index (χ1v) is 11.8. The summed E-state index contributed by atoms with van der Waals surface area (Å²) in [6.07, 6.45) is 1.81. The van der Waals surface area contributed by atoms with Gasteiger partial charge in [0.15, 0.2) is 11.2 Å². The van der Waals surface area contributed by atoms with Gasteiger partial charge in [0, 0.05) is 38.7 Å². The normalized spacial score (nSPS) is 12.7. The quantitative estimate of drug-likeness (QED) is 0.269. The average molecular weight is 455 g/mol. The first-order valence-electron chi connectivity index (χ1n) is 11.8. The first-order chi connectivity index (χ1) is 17.2. The highest BCUT2D eigenvalue weighted by Crippen LogP contribution is 2.40. The second kappa shape index (κ2) is 7.54. The SMILES string of the molecule is Cc1cc2c(oc3c(-c4cc5c(cn4)oc4ccccc45)cccc32)c(C(C)c2ccccc2)n1. The van der Waals surface area contributed by atoms with Gasteiger partial charge in [0.05, 0.1) is 17.6 Å². The Kier molecular flexibility index (Phi) is 4.30. The van der Waals surface area contributed by atoms with E-state index in [0.717, 1.165) is 66.5 Å². The third-order valence-electron chi connectivity index (χ3n) is 6.89. The summed E-state index contributed by atoms with van der Waals surface area (Å²) >= 11 is 0. The Hall–Kier alpha value is -4.44. The third kappa shape index (κ3) is 3.07. The molecule has 0 saturated carbocycles. The standard InChI is InChI=1S/C31H22N2O2/c1-18-15-25-22-12-8-13-23(26-16-24-21-11-6-7-14-27(21)34-28(24)17-32-26)30(22)35-31(25)29(33-18)19(2)20-9-4-3-5-10-20/h3-17,19H,1-2H3. The summed E-state index contributed by atoms with van der Waals surface area (Å²) in [5.41, 5.74) is 8.28. The molecule has 1 unspecified atom stereocenters. The molecule has 0 aliphatic heterocycles. The van der Waals surface area contributed by atoms with E-state index in [4.69, 9.17) is 18.8 Å². The van der Waals surface area contributed by atoms with Crippen molar-refractivity contribution in [3.63, 3.8) is 0 Å². The molecule has 0 bridgehead atoms. The molecule has 0 saturated heterocycles. The van der Waals surface area contributed by atoms with Gasteiger partial charge in [-0.2, -0.15) is 0 Å². The molecule has 1 atom stereocenters. The molecule has 0 N–H and O–H groups in total. The molecule has 4 nitrogen and oxygen atoms in total. The third-order valence-corrected chi connectivity index (χ3v) is 6.89. The number of rotatable bonds is 3. The summed E-state index contributed by atoms with van der Waals surface area (Å²) in [7, 11) is 0. The molecule has 3 aromatic carbocycles. The second-order valence-corrected chi connectivity index (χ2v) is 9.11. The van der Waals surface area contributed by atoms with Crippen molar-refractivity contribution in [1.29, 1.82) is 0 Å². The van der Waals surface area contributed by atoms with Crippen LogP contribution in [0.3, 0.4) is 0 Å². The van der Waals surface area contributed by atoms with Gasteiger partial charge in [0.2, 0.25) is 0 Å². The fourth-order valence-electron chi connectivity index (χ4n) is 5.13. The van der Waals surface area contributed by atoms with Gasteiger partial charge in [0.1, 0.15) is 11.2 Å². The van der Waals surface area contributed by atoms with E-state index in [0.29, 0.717) is 0 Å². The fourth-order valence-corrected chi connectivity index (χ4v) is 5.13. The Morgan fingerprint density at radius 3 is 2.37 bits per heavy atom. The molecule has 7 rings (SSSR count). The van der Waals surface area contributed by atoms with Crippen molar-refractivity contribution >= 4 is 43.9 Å². The molecule has 4 aromatic heterocycles. The zero-order valence-electron chi connectivity index (χ0n) is 19.4. The maximum absolute atomic E-state index is 6.62. The van der Waals surface area contributed by atoms with E-state index in [2.05, 4.69) is 67.6 Å². The number of nitrogens with zero attached hydrogens (tertiary/aromatic N) is 2. The Morgan fingerprint density at radius 1 is 0.686 bits per heavy atom. The second-order valence-electron chi connectivity index (χ2n) is 9.11. The molecular weight excluding hydrogens is 432 g/mol. The Labute approximate surface area is 201 Å². The molecule has 0 fully saturated rings. The molecule has 4 heterocycles. The molecule has 4 heteroatoms. The zero-order valence-corrected chi connectivity index (χ0v) is 19.4. The van der Waals surface area contributed by atoms with Crippen molar-refractivity contribution in [1.82, 2.24) is 9.97 Å². The summed E-state index contributed by atoms with van der Waals surface area (Å²) in [4.78, 5) is 9.67. The largest absolute Gasteiger partial charge is 0.454 e. The van der Waals surface area contributed by atoms with Crippen LogP contribution in [-0.2, 0) is 0 Å². The van der Waals surface area contributed by atoms with Crippen molar-refractivity contribution < 1.29 is 8.83 Å². The van der Waals surface area contributed by atoms with E-state index in [1.54, 1.807) is 6.20 Å². The van der Waals surface area contributed by atoms with Gasteiger partial charge in [-0.1, -0.05) is 67.6 Å². The van der Waals surface area contributed by atoms with Crippen molar-refractivity contribution in [2.45, 2.75) is 19.8 Å². The number of para-hydroxylation sites is 2. The monoisotopic (exact) mass is 454 g/mol. The molecule has 35 heavy (non-hydrogen) atoms. The number of benzene rings is 3. The van der Waals surface area contributed by atoms with Crippen molar-refractivity contribution in [2.75, 3.05) is 0 Å². The van der Waals surface area contributed by atoms with Crippen LogP contribution in [0, 0.1) is 6.92 Å². The lowest BCUT2D eigenvalue weighted by Crippen LogP contribution is -2.01. The molecule has 0 radical (unpaired) electrons. The van der Waals surface area contributed by atoms with E-state index in [1.165, 1.54) is 5.56 Å². The number of aromatic nitrogens is 2. The highest BCUT2D eigenvalue weighted by Gasteiger charge is 2.21. The first kappa shape index (κ1) is 20.0. The number of pyridine rings is 2. The predicted octanol–water partition coefficient (Wildman–Crippen LogP) is 8.40. The van der Waals surface area contributed by atoms with Crippen LogP contribution >= 0.6 is 0 Å². The molecule has 0 spiro atoms. The van der Waals surface area contributed by atoms with Gasteiger partial charge in [-0.15, -0.1) is 0 Å². The summed E-state index contributed by atoms with van der Waals surface area (Å²) in [5, 5.41) is 4.29. The minimum Gasteiger partial charge on any atom is -0.454 e. The number of fused-ring (bicyclic) bond motifs is 6. The molecule has 0 aliphatic carbocycles. The maximum atomic E-state index is 6.62. The number of hydrogen-bond donors (Lipinski definition) is 0. The topological polar surface area (TPSA) is 52.1 Å². The van der Waals surface area contributed by atoms with E-state index < -0.39 is 0 Å². The number of aryl methyl sites for hydroxylation is 1. The van der Waals surface area contributed by atoms with Crippen LogP contribution in [0.2, 0.25) is 0 Å². The summed E-state index contributed by atoms with van der Waals surface area (Å²) in [6.45, 7) is 4.23. The number of hydrogen-bond acceptors (Lipinski definition) is 4. The van der Waals surface area contributed by atoms with Crippen LogP contribution in [0.25, 0.3) is 55.1 Å². The van der Waals surface area contributed by atoms with E-state index in [1.807, 2.05) is 31.2 Å². The lowest BCUT2D eigenvalue weighted by Gasteiger charge is -2.12. The van der Waals surface area contributed by atoms with Gasteiger partial charge in [0.25, 0.3) is 0 Å². The minimum atomic E-state index is 0.106. The Morgan fingerprint density at radius 2 is 1.49 bits per heavy atom. The van der Waals surface area contributed by atoms with Crippen LogP contribution in [0.5, 0.6) is 0 Å². The van der Waals surface area contributed by atoms with Crippen LogP contribution in [-0.4, -0.2) is 9.97 Å². The van der Waals surface area contributed by atoms with Crippen molar-refractivity contribution in [2.24, 2.45) is 0 Å². The van der Waals surface area contributed by atoms with E-state index in [-0.39, 0.29) is 5.92 Å². The van der Waals surface area contributed by atoms with Crippen LogP contribution < -0.4 is 0 Å². The van der Waals surface area contributed by atoms with Gasteiger partial charge in [-0.05, 0) is 36.8 Å². The lowest BCUT2D eigenvalue weighted by molar-refractivity contribution is 0.653. The average Bonchev–Trinajstić information content (AvgIpc) is 3.46. The van der Waals surface area contributed by atoms with Gasteiger partial charge >= 0.3 is 0 Å². The summed E-state index contributed by atoms with van der Waals surface area (Å²) < 4.78 is 12.6. The fraction of sp³-hybridized carbons (Fsp3) is 0.0968. The van der Waals surface area contributed by atoms with Crippen LogP contribution in [0.15, 0.2) is 100.0 Å². The van der Waals surface area contributed by atoms with E-state index >= 15 is 0 Å². The highest BCUT2D eigenvalue weighted by atomic mass is 16.3. The maximum Gasteiger partial charge on any atom is 0.157 e. The smallest absolute Gasteiger partial charge is 0.157 e. The molecule has 7 aromatic rings. The zero-order chi connectivity index (χ0) is 23.5. The molecule has 0 aliphatic rings. The molecule has 0 amide bonds. The number of furan rings is 2. The Bertz CT molecular complexity index is 1880. The highest BCUT2D eigenvalue weighted by molar-refractivity contribution is 6.11. The van der Waals surface area contributed by atoms with Gasteiger partial charge < -0.3 is 8.83 Å². The van der Waals surface area contributed by atoms with Gasteiger partial charge in [-0.3, -0.25) is 9.97 Å². The predicted molar refractivity (Wildman–Crippen MR) is 141 cm³/mol. The summed E-state index contributed by atoms with van der Waals surface area (Å²) in [5.74, 6) is 0.106. The molecule has 168 valence electrons. The summed E-state index contributed by atoms with van der Waals surface area (Å²) in [6, 6.07) is 29.0. The van der Waals surface area contributed by atoms with Crippen molar-refractivity contribution in [3.05, 3.63) is 108 Å².